The summed E-state index contributed by atoms with van der Waals surface area (Å²) in [6.45, 7) is 4.62. The van der Waals surface area contributed by atoms with Crippen LogP contribution >= 0.6 is 15.9 Å². The fourth-order valence-corrected chi connectivity index (χ4v) is 3.80. The third-order valence-electron chi connectivity index (χ3n) is 4.99. The summed E-state index contributed by atoms with van der Waals surface area (Å²) in [5.74, 6) is -0.673. The summed E-state index contributed by atoms with van der Waals surface area (Å²) in [5.41, 5.74) is 6.63. The number of likely N-dealkylation sites (tertiary alicyclic amines) is 1. The number of anilines is 1. The topological polar surface area (TPSA) is 66.6 Å². The molecule has 0 radical (unpaired) electrons. The second-order valence-corrected chi connectivity index (χ2v) is 7.75. The molecule has 1 aromatic rings. The van der Waals surface area contributed by atoms with Gasteiger partial charge in [-0.05, 0) is 43.0 Å². The van der Waals surface area contributed by atoms with Gasteiger partial charge in [0.2, 0.25) is 11.8 Å². The standard InChI is InChI=1S/C17H22BrN3O2/c1-17(10-19)6-8-20(11-17)15(22)14-5-7-21(16(14)23)13-4-2-3-12(18)9-13/h2-4,9,14H,5-8,10-11,19H2,1H3. The van der Waals surface area contributed by atoms with Gasteiger partial charge in [0.25, 0.3) is 0 Å². The monoisotopic (exact) mass is 379 g/mol. The van der Waals surface area contributed by atoms with E-state index < -0.39 is 5.92 Å². The van der Waals surface area contributed by atoms with Crippen molar-refractivity contribution in [2.75, 3.05) is 31.1 Å². The maximum absolute atomic E-state index is 12.7. The first kappa shape index (κ1) is 16.5. The van der Waals surface area contributed by atoms with Crippen LogP contribution in [0, 0.1) is 11.3 Å². The fourth-order valence-electron chi connectivity index (χ4n) is 3.41. The quantitative estimate of drug-likeness (QED) is 0.816. The van der Waals surface area contributed by atoms with E-state index in [-0.39, 0.29) is 17.2 Å². The van der Waals surface area contributed by atoms with E-state index in [2.05, 4.69) is 22.9 Å². The molecule has 2 aliphatic heterocycles. The molecule has 0 spiro atoms. The highest BCUT2D eigenvalue weighted by Gasteiger charge is 2.43. The van der Waals surface area contributed by atoms with Crippen molar-refractivity contribution in [2.45, 2.75) is 19.8 Å². The molecule has 2 amide bonds. The average Bonchev–Trinajstić information content (AvgIpc) is 3.11. The smallest absolute Gasteiger partial charge is 0.239 e. The average molecular weight is 380 g/mol. The Morgan fingerprint density at radius 2 is 2.22 bits per heavy atom. The van der Waals surface area contributed by atoms with Crippen LogP contribution in [0.1, 0.15) is 19.8 Å². The number of rotatable bonds is 3. The van der Waals surface area contributed by atoms with Gasteiger partial charge >= 0.3 is 0 Å². The zero-order valence-electron chi connectivity index (χ0n) is 13.3. The summed E-state index contributed by atoms with van der Waals surface area (Å²) in [6, 6.07) is 7.63. The molecule has 0 bridgehead atoms. The number of benzene rings is 1. The van der Waals surface area contributed by atoms with Crippen LogP contribution in [0.25, 0.3) is 0 Å². The Morgan fingerprint density at radius 1 is 1.43 bits per heavy atom. The van der Waals surface area contributed by atoms with E-state index in [0.717, 1.165) is 16.6 Å². The molecule has 2 N–H and O–H groups in total. The Kier molecular flexibility index (Phi) is 4.47. The van der Waals surface area contributed by atoms with E-state index >= 15 is 0 Å². The minimum atomic E-state index is -0.547. The van der Waals surface area contributed by atoms with E-state index in [4.69, 9.17) is 5.73 Å². The van der Waals surface area contributed by atoms with Crippen molar-refractivity contribution in [2.24, 2.45) is 17.1 Å². The van der Waals surface area contributed by atoms with Gasteiger partial charge < -0.3 is 15.5 Å². The lowest BCUT2D eigenvalue weighted by atomic mass is 9.90. The highest BCUT2D eigenvalue weighted by molar-refractivity contribution is 9.10. The first-order valence-corrected chi connectivity index (χ1v) is 8.79. The molecule has 2 aliphatic rings. The number of hydrogen-bond acceptors (Lipinski definition) is 3. The summed E-state index contributed by atoms with van der Waals surface area (Å²) >= 11 is 3.42. The van der Waals surface area contributed by atoms with Gasteiger partial charge in [-0.2, -0.15) is 0 Å². The number of carbonyl (C=O) groups excluding carboxylic acids is 2. The number of amides is 2. The van der Waals surface area contributed by atoms with Gasteiger partial charge in [0.15, 0.2) is 0 Å². The van der Waals surface area contributed by atoms with Crippen molar-refractivity contribution in [3.8, 4) is 0 Å². The molecule has 0 aliphatic carbocycles. The molecule has 23 heavy (non-hydrogen) atoms. The molecular formula is C17H22BrN3O2. The van der Waals surface area contributed by atoms with Crippen molar-refractivity contribution in [1.29, 1.82) is 0 Å². The van der Waals surface area contributed by atoms with E-state index in [1.54, 1.807) is 4.90 Å². The maximum atomic E-state index is 12.7. The molecule has 6 heteroatoms. The van der Waals surface area contributed by atoms with Crippen molar-refractivity contribution in [1.82, 2.24) is 4.90 Å². The lowest BCUT2D eigenvalue weighted by Crippen LogP contribution is -2.40. The minimum absolute atomic E-state index is 0.0126. The van der Waals surface area contributed by atoms with E-state index in [9.17, 15) is 9.59 Å². The molecule has 3 rings (SSSR count). The van der Waals surface area contributed by atoms with Crippen LogP contribution in [0.15, 0.2) is 28.7 Å². The number of carbonyl (C=O) groups is 2. The third kappa shape index (κ3) is 3.15. The van der Waals surface area contributed by atoms with Crippen molar-refractivity contribution < 1.29 is 9.59 Å². The van der Waals surface area contributed by atoms with Gasteiger partial charge in [-0.1, -0.05) is 28.9 Å². The van der Waals surface area contributed by atoms with Crippen LogP contribution in [-0.2, 0) is 9.59 Å². The molecule has 0 saturated carbocycles. The van der Waals surface area contributed by atoms with Gasteiger partial charge in [-0.3, -0.25) is 9.59 Å². The van der Waals surface area contributed by atoms with Gasteiger partial charge in [0.1, 0.15) is 5.92 Å². The van der Waals surface area contributed by atoms with Crippen LogP contribution in [-0.4, -0.2) is 42.9 Å². The summed E-state index contributed by atoms with van der Waals surface area (Å²) in [6.07, 6.45) is 1.49. The third-order valence-corrected chi connectivity index (χ3v) is 5.48. The van der Waals surface area contributed by atoms with E-state index in [1.807, 2.05) is 29.2 Å². The van der Waals surface area contributed by atoms with Crippen LogP contribution in [0.5, 0.6) is 0 Å². The first-order valence-electron chi connectivity index (χ1n) is 7.99. The predicted octanol–water partition coefficient (Wildman–Crippen LogP) is 2.00. The zero-order chi connectivity index (χ0) is 16.6. The highest BCUT2D eigenvalue weighted by atomic mass is 79.9. The summed E-state index contributed by atoms with van der Waals surface area (Å²) in [7, 11) is 0. The minimum Gasteiger partial charge on any atom is -0.341 e. The van der Waals surface area contributed by atoms with Crippen molar-refractivity contribution in [3.63, 3.8) is 0 Å². The second kappa shape index (κ2) is 6.24. The fraction of sp³-hybridized carbons (Fsp3) is 0.529. The van der Waals surface area contributed by atoms with Crippen LogP contribution in [0.3, 0.4) is 0 Å². The Morgan fingerprint density at radius 3 is 2.87 bits per heavy atom. The Balaban J connectivity index is 1.71. The predicted molar refractivity (Wildman–Crippen MR) is 93.0 cm³/mol. The molecule has 2 unspecified atom stereocenters. The van der Waals surface area contributed by atoms with Crippen LogP contribution < -0.4 is 10.6 Å². The summed E-state index contributed by atoms with van der Waals surface area (Å²) in [5, 5.41) is 0. The molecule has 5 nitrogen and oxygen atoms in total. The second-order valence-electron chi connectivity index (χ2n) is 6.84. The lowest BCUT2D eigenvalue weighted by Gasteiger charge is -2.24. The van der Waals surface area contributed by atoms with E-state index in [1.165, 1.54) is 0 Å². The molecule has 2 heterocycles. The molecular weight excluding hydrogens is 358 g/mol. The number of nitrogens with two attached hydrogens (primary N) is 1. The molecule has 0 aromatic heterocycles. The molecule has 124 valence electrons. The molecule has 2 fully saturated rings. The van der Waals surface area contributed by atoms with Crippen LogP contribution in [0.2, 0.25) is 0 Å². The zero-order valence-corrected chi connectivity index (χ0v) is 14.9. The molecule has 2 saturated heterocycles. The molecule has 2 atom stereocenters. The van der Waals surface area contributed by atoms with Gasteiger partial charge in [0, 0.05) is 29.8 Å². The molecule has 1 aromatic carbocycles. The number of hydrogen-bond donors (Lipinski definition) is 1. The van der Waals surface area contributed by atoms with E-state index in [0.29, 0.717) is 32.6 Å². The Bertz CT molecular complexity index is 636. The first-order chi connectivity index (χ1) is 10.9. The Labute approximate surface area is 144 Å². The van der Waals surface area contributed by atoms with Gasteiger partial charge in [0.05, 0.1) is 0 Å². The largest absolute Gasteiger partial charge is 0.341 e. The number of halogens is 1. The van der Waals surface area contributed by atoms with Crippen LogP contribution in [0.4, 0.5) is 5.69 Å². The Hall–Kier alpha value is -1.40. The SMILES string of the molecule is CC1(CN)CCN(C(=O)C2CCN(c3cccc(Br)c3)C2=O)C1. The highest BCUT2D eigenvalue weighted by Crippen LogP contribution is 2.33. The number of nitrogens with zero attached hydrogens (tertiary/aromatic N) is 2. The van der Waals surface area contributed by atoms with Crippen molar-refractivity contribution >= 4 is 33.4 Å². The maximum Gasteiger partial charge on any atom is 0.239 e. The van der Waals surface area contributed by atoms with Gasteiger partial charge in [-0.25, -0.2) is 0 Å². The van der Waals surface area contributed by atoms with Crippen molar-refractivity contribution in [3.05, 3.63) is 28.7 Å². The summed E-state index contributed by atoms with van der Waals surface area (Å²) in [4.78, 5) is 29.0. The van der Waals surface area contributed by atoms with Gasteiger partial charge in [-0.15, -0.1) is 0 Å². The normalized spacial score (nSPS) is 27.8. The lowest BCUT2D eigenvalue weighted by molar-refractivity contribution is -0.139. The summed E-state index contributed by atoms with van der Waals surface area (Å²) < 4.78 is 0.927.